The third-order valence-corrected chi connectivity index (χ3v) is 1.99. The molecular formula is C7H13F2NO. The van der Waals surface area contributed by atoms with Crippen molar-refractivity contribution >= 4 is 0 Å². The molecule has 2 N–H and O–H groups in total. The summed E-state index contributed by atoms with van der Waals surface area (Å²) in [5, 5.41) is 0. The van der Waals surface area contributed by atoms with E-state index in [1.807, 2.05) is 6.92 Å². The highest BCUT2D eigenvalue weighted by Crippen LogP contribution is 2.23. The largest absolute Gasteiger partial charge is 0.373 e. The Morgan fingerprint density at radius 2 is 2.09 bits per heavy atom. The molecule has 2 nitrogen and oxygen atoms in total. The van der Waals surface area contributed by atoms with E-state index >= 15 is 0 Å². The average molecular weight is 165 g/mol. The van der Waals surface area contributed by atoms with Crippen molar-refractivity contribution in [3.8, 4) is 0 Å². The fourth-order valence-electron chi connectivity index (χ4n) is 1.28. The van der Waals surface area contributed by atoms with Gasteiger partial charge in [-0.25, -0.2) is 8.78 Å². The molecule has 1 fully saturated rings. The molecule has 11 heavy (non-hydrogen) atoms. The zero-order chi connectivity index (χ0) is 8.43. The van der Waals surface area contributed by atoms with Gasteiger partial charge < -0.3 is 10.5 Å². The summed E-state index contributed by atoms with van der Waals surface area (Å²) in [6.07, 6.45) is -1.32. The molecule has 1 aliphatic heterocycles. The number of rotatable bonds is 2. The van der Waals surface area contributed by atoms with Crippen LogP contribution in [0.1, 0.15) is 19.8 Å². The van der Waals surface area contributed by atoms with Crippen LogP contribution in [-0.2, 0) is 4.74 Å². The van der Waals surface area contributed by atoms with E-state index in [1.54, 1.807) is 0 Å². The van der Waals surface area contributed by atoms with Crippen molar-refractivity contribution in [3.63, 3.8) is 0 Å². The lowest BCUT2D eigenvalue weighted by molar-refractivity contribution is -0.00786. The second-order valence-corrected chi connectivity index (χ2v) is 2.97. The molecule has 1 saturated heterocycles. The molecule has 0 aromatic heterocycles. The molecule has 1 rings (SSSR count). The zero-order valence-electron chi connectivity index (χ0n) is 6.47. The lowest BCUT2D eigenvalue weighted by Gasteiger charge is -2.17. The maximum absolute atomic E-state index is 12.0. The minimum Gasteiger partial charge on any atom is -0.373 e. The smallest absolute Gasteiger partial charge is 0.256 e. The van der Waals surface area contributed by atoms with Crippen LogP contribution in [0, 0.1) is 0 Å². The van der Waals surface area contributed by atoms with Gasteiger partial charge in [0.25, 0.3) is 6.43 Å². The summed E-state index contributed by atoms with van der Waals surface area (Å²) in [4.78, 5) is 0. The molecule has 0 bridgehead atoms. The molecule has 3 atom stereocenters. The van der Waals surface area contributed by atoms with E-state index in [-0.39, 0.29) is 6.10 Å². The van der Waals surface area contributed by atoms with Gasteiger partial charge in [-0.2, -0.15) is 0 Å². The van der Waals surface area contributed by atoms with Crippen LogP contribution < -0.4 is 5.73 Å². The third-order valence-electron chi connectivity index (χ3n) is 1.99. The first-order valence-corrected chi connectivity index (χ1v) is 3.80. The summed E-state index contributed by atoms with van der Waals surface area (Å²) in [5.74, 6) is 0. The molecule has 0 aliphatic carbocycles. The highest BCUT2D eigenvalue weighted by atomic mass is 19.3. The molecule has 4 heteroatoms. The van der Waals surface area contributed by atoms with Crippen LogP contribution in [-0.4, -0.2) is 24.7 Å². The summed E-state index contributed by atoms with van der Waals surface area (Å²) in [5.41, 5.74) is 5.21. The minimum absolute atomic E-state index is 0.0878. The standard InChI is InChI=1S/C7H13F2NO/c1-4-2-3-5(11-4)6(10)7(8)9/h4-7H,2-3,10H2,1H3. The van der Waals surface area contributed by atoms with Crippen molar-refractivity contribution in [2.75, 3.05) is 0 Å². The van der Waals surface area contributed by atoms with Crippen LogP contribution >= 0.6 is 0 Å². The Kier molecular flexibility index (Phi) is 2.78. The minimum atomic E-state index is -2.47. The van der Waals surface area contributed by atoms with Gasteiger partial charge in [0, 0.05) is 0 Å². The van der Waals surface area contributed by atoms with Gasteiger partial charge in [0.1, 0.15) is 0 Å². The summed E-state index contributed by atoms with van der Waals surface area (Å²) >= 11 is 0. The van der Waals surface area contributed by atoms with E-state index in [9.17, 15) is 8.78 Å². The average Bonchev–Trinajstić information content (AvgIpc) is 2.34. The summed E-state index contributed by atoms with van der Waals surface area (Å²) in [6, 6.07) is -1.11. The Hall–Kier alpha value is -0.220. The van der Waals surface area contributed by atoms with Gasteiger partial charge in [-0.3, -0.25) is 0 Å². The van der Waals surface area contributed by atoms with E-state index in [1.165, 1.54) is 0 Å². The number of hydrogen-bond donors (Lipinski definition) is 1. The Labute approximate surface area is 64.7 Å². The Balaban J connectivity index is 2.36. The fourth-order valence-corrected chi connectivity index (χ4v) is 1.28. The first-order valence-electron chi connectivity index (χ1n) is 3.80. The Morgan fingerprint density at radius 3 is 2.45 bits per heavy atom. The van der Waals surface area contributed by atoms with E-state index in [2.05, 4.69) is 0 Å². The molecule has 66 valence electrons. The number of alkyl halides is 2. The second-order valence-electron chi connectivity index (χ2n) is 2.97. The van der Waals surface area contributed by atoms with Gasteiger partial charge in [-0.15, -0.1) is 0 Å². The van der Waals surface area contributed by atoms with Crippen LogP contribution in [0.3, 0.4) is 0 Å². The number of hydrogen-bond acceptors (Lipinski definition) is 2. The van der Waals surface area contributed by atoms with Crippen LogP contribution in [0.25, 0.3) is 0 Å². The lowest BCUT2D eigenvalue weighted by Crippen LogP contribution is -2.40. The van der Waals surface area contributed by atoms with Crippen molar-refractivity contribution in [1.82, 2.24) is 0 Å². The molecule has 3 unspecified atom stereocenters. The number of nitrogens with two attached hydrogens (primary N) is 1. The molecule has 0 aromatic rings. The maximum Gasteiger partial charge on any atom is 0.256 e. The van der Waals surface area contributed by atoms with Gasteiger partial charge in [-0.05, 0) is 19.8 Å². The summed E-state index contributed by atoms with van der Waals surface area (Å²) < 4.78 is 29.2. The predicted octanol–water partition coefficient (Wildman–Crippen LogP) is 1.15. The van der Waals surface area contributed by atoms with Crippen LogP contribution in [0.4, 0.5) is 8.78 Å². The number of halogens is 2. The van der Waals surface area contributed by atoms with E-state index in [4.69, 9.17) is 10.5 Å². The first kappa shape index (κ1) is 8.87. The van der Waals surface area contributed by atoms with Crippen molar-refractivity contribution in [3.05, 3.63) is 0 Å². The second kappa shape index (κ2) is 3.45. The monoisotopic (exact) mass is 165 g/mol. The predicted molar refractivity (Wildman–Crippen MR) is 37.5 cm³/mol. The first-order chi connectivity index (χ1) is 5.11. The van der Waals surface area contributed by atoms with Gasteiger partial charge >= 0.3 is 0 Å². The van der Waals surface area contributed by atoms with Gasteiger partial charge in [0.15, 0.2) is 0 Å². The number of ether oxygens (including phenoxy) is 1. The van der Waals surface area contributed by atoms with E-state index < -0.39 is 18.6 Å². The summed E-state index contributed by atoms with van der Waals surface area (Å²) in [7, 11) is 0. The molecule has 1 aliphatic rings. The SMILES string of the molecule is CC1CCC(C(N)C(F)F)O1. The van der Waals surface area contributed by atoms with Gasteiger partial charge in [-0.1, -0.05) is 0 Å². The van der Waals surface area contributed by atoms with E-state index in [0.29, 0.717) is 6.42 Å². The summed E-state index contributed by atoms with van der Waals surface area (Å²) in [6.45, 7) is 1.87. The highest BCUT2D eigenvalue weighted by Gasteiger charge is 2.32. The third kappa shape index (κ3) is 2.10. The molecule has 0 aromatic carbocycles. The normalized spacial score (nSPS) is 34.6. The molecule has 0 spiro atoms. The molecular weight excluding hydrogens is 152 g/mol. The van der Waals surface area contributed by atoms with Crippen molar-refractivity contribution < 1.29 is 13.5 Å². The van der Waals surface area contributed by atoms with Crippen LogP contribution in [0.5, 0.6) is 0 Å². The quantitative estimate of drug-likeness (QED) is 0.666. The van der Waals surface area contributed by atoms with Gasteiger partial charge in [0.2, 0.25) is 0 Å². The Morgan fingerprint density at radius 1 is 1.45 bits per heavy atom. The molecule has 0 amide bonds. The maximum atomic E-state index is 12.0. The van der Waals surface area contributed by atoms with Crippen molar-refractivity contribution in [2.45, 2.75) is 44.4 Å². The molecule has 0 radical (unpaired) electrons. The van der Waals surface area contributed by atoms with Crippen LogP contribution in [0.2, 0.25) is 0 Å². The van der Waals surface area contributed by atoms with Crippen LogP contribution in [0.15, 0.2) is 0 Å². The Bertz CT molecular complexity index is 132. The van der Waals surface area contributed by atoms with Crippen molar-refractivity contribution in [2.24, 2.45) is 5.73 Å². The topological polar surface area (TPSA) is 35.2 Å². The zero-order valence-corrected chi connectivity index (χ0v) is 6.47. The molecule has 0 saturated carbocycles. The van der Waals surface area contributed by atoms with Gasteiger partial charge in [0.05, 0.1) is 18.2 Å². The van der Waals surface area contributed by atoms with Crippen molar-refractivity contribution in [1.29, 1.82) is 0 Å². The lowest BCUT2D eigenvalue weighted by atomic mass is 10.1. The van der Waals surface area contributed by atoms with E-state index in [0.717, 1.165) is 6.42 Å². The fraction of sp³-hybridized carbons (Fsp3) is 1.00. The molecule has 1 heterocycles. The highest BCUT2D eigenvalue weighted by molar-refractivity contribution is 4.81.